The second-order valence-electron chi connectivity index (χ2n) is 8.07. The summed E-state index contributed by atoms with van der Waals surface area (Å²) in [6.07, 6.45) is 5.12. The molecule has 34 heavy (non-hydrogen) atoms. The molecule has 0 bridgehead atoms. The summed E-state index contributed by atoms with van der Waals surface area (Å²) >= 11 is 0. The summed E-state index contributed by atoms with van der Waals surface area (Å²) < 4.78 is 10.4. The molecule has 0 saturated carbocycles. The number of hydrogen-bond acceptors (Lipinski definition) is 5. The van der Waals surface area contributed by atoms with E-state index in [4.69, 9.17) is 9.47 Å². The SMILES string of the molecule is COc1ccc(C(O)=C2C(=O)CCc3cc(OC)ccc32)cc1.O=C1C=Cc2ccccc2C1. The molecule has 0 amide bonds. The second-order valence-corrected chi connectivity index (χ2v) is 8.07. The summed E-state index contributed by atoms with van der Waals surface area (Å²) in [5, 5.41) is 10.6. The minimum Gasteiger partial charge on any atom is -0.507 e. The molecule has 2 aliphatic carbocycles. The van der Waals surface area contributed by atoms with Crippen LogP contribution in [0.4, 0.5) is 0 Å². The van der Waals surface area contributed by atoms with Crippen LogP contribution in [0.3, 0.4) is 0 Å². The molecule has 0 saturated heterocycles. The average molecular weight is 455 g/mol. The van der Waals surface area contributed by atoms with E-state index >= 15 is 0 Å². The van der Waals surface area contributed by atoms with Crippen molar-refractivity contribution in [3.05, 3.63) is 101 Å². The molecular formula is C29H26O5. The number of ether oxygens (including phenoxy) is 2. The van der Waals surface area contributed by atoms with Gasteiger partial charge in [0.15, 0.2) is 11.6 Å². The van der Waals surface area contributed by atoms with Gasteiger partial charge in [0, 0.05) is 18.4 Å². The lowest BCUT2D eigenvalue weighted by Crippen LogP contribution is -2.14. The Morgan fingerprint density at radius 3 is 2.24 bits per heavy atom. The fraction of sp³-hybridized carbons (Fsp3) is 0.172. The van der Waals surface area contributed by atoms with Gasteiger partial charge in [0.2, 0.25) is 0 Å². The van der Waals surface area contributed by atoms with Crippen LogP contribution < -0.4 is 9.47 Å². The Kier molecular flexibility index (Phi) is 6.93. The molecule has 172 valence electrons. The highest BCUT2D eigenvalue weighted by atomic mass is 16.5. The first-order chi connectivity index (χ1) is 16.5. The quantitative estimate of drug-likeness (QED) is 0.420. The number of carbonyl (C=O) groups excluding carboxylic acids is 2. The van der Waals surface area contributed by atoms with Gasteiger partial charge < -0.3 is 14.6 Å². The summed E-state index contributed by atoms with van der Waals surface area (Å²) in [7, 11) is 3.20. The van der Waals surface area contributed by atoms with Crippen molar-refractivity contribution < 1.29 is 24.2 Å². The molecule has 0 atom stereocenters. The zero-order valence-corrected chi connectivity index (χ0v) is 19.2. The summed E-state index contributed by atoms with van der Waals surface area (Å²) in [6, 6.07) is 20.5. The topological polar surface area (TPSA) is 72.8 Å². The van der Waals surface area contributed by atoms with Crippen molar-refractivity contribution in [3.8, 4) is 11.5 Å². The van der Waals surface area contributed by atoms with Crippen molar-refractivity contribution in [2.45, 2.75) is 19.3 Å². The lowest BCUT2D eigenvalue weighted by atomic mass is 9.84. The highest BCUT2D eigenvalue weighted by Crippen LogP contribution is 2.35. The van der Waals surface area contributed by atoms with Crippen LogP contribution in [0.1, 0.15) is 34.2 Å². The maximum atomic E-state index is 12.4. The van der Waals surface area contributed by atoms with E-state index in [9.17, 15) is 14.7 Å². The third-order valence-electron chi connectivity index (χ3n) is 5.95. The molecule has 3 aromatic rings. The standard InChI is InChI=1S/C19H18O4.C10H8O/c1-22-14-6-3-12(4-7-14)19(21)18-16-9-8-15(23-2)11-13(16)5-10-17(18)20;11-10-6-5-8-3-1-2-4-9(8)7-10/h3-4,6-9,11,21H,5,10H2,1-2H3;1-6H,7H2. The van der Waals surface area contributed by atoms with E-state index < -0.39 is 0 Å². The van der Waals surface area contributed by atoms with Crippen molar-refractivity contribution in [1.29, 1.82) is 0 Å². The maximum Gasteiger partial charge on any atom is 0.167 e. The number of aryl methyl sites for hydroxylation is 1. The Hall–Kier alpha value is -4.12. The second kappa shape index (κ2) is 10.2. The first-order valence-electron chi connectivity index (χ1n) is 11.1. The summed E-state index contributed by atoms with van der Waals surface area (Å²) in [4.78, 5) is 23.3. The molecule has 0 fully saturated rings. The third-order valence-corrected chi connectivity index (χ3v) is 5.95. The van der Waals surface area contributed by atoms with Crippen molar-refractivity contribution in [2.24, 2.45) is 0 Å². The van der Waals surface area contributed by atoms with Crippen LogP contribution in [0.15, 0.2) is 72.8 Å². The number of rotatable bonds is 3. The Morgan fingerprint density at radius 2 is 1.50 bits per heavy atom. The number of aliphatic hydroxyl groups excluding tert-OH is 1. The number of ketones is 2. The zero-order chi connectivity index (χ0) is 24.1. The highest BCUT2D eigenvalue weighted by Gasteiger charge is 2.26. The molecule has 0 unspecified atom stereocenters. The molecule has 0 heterocycles. The molecule has 5 heteroatoms. The number of aliphatic hydroxyl groups is 1. The molecule has 0 spiro atoms. The van der Waals surface area contributed by atoms with Crippen LogP contribution in [0.2, 0.25) is 0 Å². The lowest BCUT2D eigenvalue weighted by Gasteiger charge is -2.20. The fourth-order valence-corrected chi connectivity index (χ4v) is 4.11. The number of allylic oxidation sites excluding steroid dienone is 2. The molecule has 2 aliphatic rings. The first kappa shape index (κ1) is 23.1. The van der Waals surface area contributed by atoms with Crippen LogP contribution in [-0.2, 0) is 22.4 Å². The molecule has 3 aromatic carbocycles. The molecule has 0 aromatic heterocycles. The number of fused-ring (bicyclic) bond motifs is 2. The van der Waals surface area contributed by atoms with Gasteiger partial charge in [-0.05, 0) is 71.1 Å². The van der Waals surface area contributed by atoms with E-state index in [2.05, 4.69) is 0 Å². The zero-order valence-electron chi connectivity index (χ0n) is 19.2. The minimum absolute atomic E-state index is 0.00349. The maximum absolute atomic E-state index is 12.4. The van der Waals surface area contributed by atoms with Crippen molar-refractivity contribution in [1.82, 2.24) is 0 Å². The number of benzene rings is 3. The normalized spacial score (nSPS) is 15.5. The van der Waals surface area contributed by atoms with Gasteiger partial charge in [-0.1, -0.05) is 36.4 Å². The number of Topliss-reactive ketones (excluding diaryl/α,β-unsaturated/α-hetero) is 1. The molecule has 0 aliphatic heterocycles. The van der Waals surface area contributed by atoms with E-state index in [1.165, 1.54) is 5.56 Å². The van der Waals surface area contributed by atoms with Gasteiger partial charge in [-0.15, -0.1) is 0 Å². The van der Waals surface area contributed by atoms with E-state index in [1.807, 2.05) is 42.5 Å². The van der Waals surface area contributed by atoms with E-state index in [-0.39, 0.29) is 17.3 Å². The van der Waals surface area contributed by atoms with E-state index in [1.54, 1.807) is 50.6 Å². The molecule has 0 radical (unpaired) electrons. The Balaban J connectivity index is 0.000000207. The highest BCUT2D eigenvalue weighted by molar-refractivity contribution is 6.28. The number of carbonyl (C=O) groups is 2. The van der Waals surface area contributed by atoms with Crippen LogP contribution in [0.5, 0.6) is 11.5 Å². The summed E-state index contributed by atoms with van der Waals surface area (Å²) in [5.74, 6) is 1.61. The monoisotopic (exact) mass is 454 g/mol. The number of methoxy groups -OCH3 is 2. The van der Waals surface area contributed by atoms with Crippen molar-refractivity contribution in [3.63, 3.8) is 0 Å². The Bertz CT molecular complexity index is 1280. The summed E-state index contributed by atoms with van der Waals surface area (Å²) in [5.41, 5.74) is 5.07. The minimum atomic E-state index is -0.0454. The largest absolute Gasteiger partial charge is 0.507 e. The van der Waals surface area contributed by atoms with Crippen LogP contribution >= 0.6 is 0 Å². The van der Waals surface area contributed by atoms with Gasteiger partial charge >= 0.3 is 0 Å². The van der Waals surface area contributed by atoms with E-state index in [0.717, 1.165) is 22.4 Å². The molecule has 5 nitrogen and oxygen atoms in total. The third kappa shape index (κ3) is 4.94. The molecule has 5 rings (SSSR count). The predicted molar refractivity (Wildman–Crippen MR) is 133 cm³/mol. The van der Waals surface area contributed by atoms with Crippen LogP contribution in [0.25, 0.3) is 17.4 Å². The van der Waals surface area contributed by atoms with Crippen LogP contribution in [-0.4, -0.2) is 30.9 Å². The molecule has 1 N–H and O–H groups in total. The fourth-order valence-electron chi connectivity index (χ4n) is 4.11. The number of hydrogen-bond donors (Lipinski definition) is 1. The van der Waals surface area contributed by atoms with E-state index in [0.29, 0.717) is 36.1 Å². The smallest absolute Gasteiger partial charge is 0.167 e. The lowest BCUT2D eigenvalue weighted by molar-refractivity contribution is -0.114. The first-order valence-corrected chi connectivity index (χ1v) is 11.1. The van der Waals surface area contributed by atoms with Crippen molar-refractivity contribution in [2.75, 3.05) is 14.2 Å². The van der Waals surface area contributed by atoms with Gasteiger partial charge in [0.05, 0.1) is 19.8 Å². The Labute approximate surface area is 199 Å². The Morgan fingerprint density at radius 1 is 0.794 bits per heavy atom. The van der Waals surface area contributed by atoms with Gasteiger partial charge in [-0.25, -0.2) is 0 Å². The van der Waals surface area contributed by atoms with Gasteiger partial charge in [-0.2, -0.15) is 0 Å². The summed E-state index contributed by atoms with van der Waals surface area (Å²) in [6.45, 7) is 0. The van der Waals surface area contributed by atoms with Gasteiger partial charge in [0.1, 0.15) is 17.3 Å². The van der Waals surface area contributed by atoms with Gasteiger partial charge in [0.25, 0.3) is 0 Å². The van der Waals surface area contributed by atoms with Gasteiger partial charge in [-0.3, -0.25) is 9.59 Å². The van der Waals surface area contributed by atoms with Crippen molar-refractivity contribution >= 4 is 29.0 Å². The molecular weight excluding hydrogens is 428 g/mol. The van der Waals surface area contributed by atoms with Crippen LogP contribution in [0, 0.1) is 0 Å². The average Bonchev–Trinajstić information content (AvgIpc) is 2.88. The predicted octanol–water partition coefficient (Wildman–Crippen LogP) is 5.47.